The Balaban J connectivity index is 2.25. The van der Waals surface area contributed by atoms with E-state index in [1.807, 2.05) is 0 Å². The van der Waals surface area contributed by atoms with Gasteiger partial charge in [-0.1, -0.05) is 26.7 Å². The third kappa shape index (κ3) is 1.98. The lowest BCUT2D eigenvalue weighted by Gasteiger charge is -2.29. The molecule has 0 heterocycles. The van der Waals surface area contributed by atoms with E-state index in [1.54, 1.807) is 0 Å². The van der Waals surface area contributed by atoms with Crippen molar-refractivity contribution in [3.8, 4) is 0 Å². The molecule has 1 fully saturated rings. The Kier molecular flexibility index (Phi) is 3.20. The summed E-state index contributed by atoms with van der Waals surface area (Å²) in [4.78, 5) is 0. The maximum atomic E-state index is 3.53. The Morgan fingerprint density at radius 3 is 2.60 bits per heavy atom. The Hall–Kier alpha value is -0.0400. The van der Waals surface area contributed by atoms with Crippen LogP contribution in [0.4, 0.5) is 0 Å². The minimum absolute atomic E-state index is 0.818. The summed E-state index contributed by atoms with van der Waals surface area (Å²) in [6.07, 6.45) is 5.71. The SMILES string of the molecule is CCNC1CCCCC1C. The molecular formula is C9H19N. The first-order valence-corrected chi connectivity index (χ1v) is 4.58. The van der Waals surface area contributed by atoms with Gasteiger partial charge in [0.05, 0.1) is 0 Å². The van der Waals surface area contributed by atoms with Crippen molar-refractivity contribution in [2.75, 3.05) is 6.54 Å². The highest BCUT2D eigenvalue weighted by molar-refractivity contribution is 4.77. The summed E-state index contributed by atoms with van der Waals surface area (Å²) in [5.74, 6) is 0.911. The lowest BCUT2D eigenvalue weighted by atomic mass is 9.86. The molecule has 1 N–H and O–H groups in total. The lowest BCUT2D eigenvalue weighted by Crippen LogP contribution is -2.36. The van der Waals surface area contributed by atoms with Gasteiger partial charge in [-0.2, -0.15) is 0 Å². The molecule has 1 aliphatic rings. The lowest BCUT2D eigenvalue weighted by molar-refractivity contribution is 0.285. The fraction of sp³-hybridized carbons (Fsp3) is 1.00. The van der Waals surface area contributed by atoms with Crippen LogP contribution in [0.5, 0.6) is 0 Å². The fourth-order valence-electron chi connectivity index (χ4n) is 1.88. The van der Waals surface area contributed by atoms with Crippen molar-refractivity contribution < 1.29 is 0 Å². The molecule has 2 atom stereocenters. The van der Waals surface area contributed by atoms with Gasteiger partial charge >= 0.3 is 0 Å². The van der Waals surface area contributed by atoms with Crippen molar-refractivity contribution in [1.82, 2.24) is 5.32 Å². The highest BCUT2D eigenvalue weighted by atomic mass is 14.9. The first kappa shape index (κ1) is 8.06. The van der Waals surface area contributed by atoms with Crippen LogP contribution in [0, 0.1) is 5.92 Å². The quantitative estimate of drug-likeness (QED) is 0.621. The van der Waals surface area contributed by atoms with E-state index in [4.69, 9.17) is 0 Å². The molecule has 0 aliphatic heterocycles. The van der Waals surface area contributed by atoms with E-state index in [-0.39, 0.29) is 0 Å². The molecule has 0 amide bonds. The number of hydrogen-bond donors (Lipinski definition) is 1. The molecule has 0 saturated heterocycles. The number of hydrogen-bond acceptors (Lipinski definition) is 1. The van der Waals surface area contributed by atoms with E-state index < -0.39 is 0 Å². The molecule has 60 valence electrons. The molecular weight excluding hydrogens is 122 g/mol. The van der Waals surface area contributed by atoms with Crippen molar-refractivity contribution in [3.63, 3.8) is 0 Å². The Morgan fingerprint density at radius 1 is 1.30 bits per heavy atom. The average Bonchev–Trinajstić information content (AvgIpc) is 1.94. The minimum atomic E-state index is 0.818. The van der Waals surface area contributed by atoms with Gasteiger partial charge in [-0.3, -0.25) is 0 Å². The standard InChI is InChI=1S/C9H19N/c1-3-10-9-7-5-4-6-8(9)2/h8-10H,3-7H2,1-2H3. The summed E-state index contributed by atoms with van der Waals surface area (Å²) < 4.78 is 0. The van der Waals surface area contributed by atoms with Gasteiger partial charge < -0.3 is 5.32 Å². The van der Waals surface area contributed by atoms with Crippen LogP contribution in [0.25, 0.3) is 0 Å². The Labute approximate surface area is 64.2 Å². The van der Waals surface area contributed by atoms with E-state index in [2.05, 4.69) is 19.2 Å². The summed E-state index contributed by atoms with van der Waals surface area (Å²) in [6, 6.07) is 0.818. The van der Waals surface area contributed by atoms with Gasteiger partial charge in [0.1, 0.15) is 0 Å². The molecule has 1 aliphatic carbocycles. The van der Waals surface area contributed by atoms with Gasteiger partial charge in [0.15, 0.2) is 0 Å². The molecule has 0 spiro atoms. The molecule has 0 radical (unpaired) electrons. The third-order valence-electron chi connectivity index (χ3n) is 2.58. The normalized spacial score (nSPS) is 34.2. The highest BCUT2D eigenvalue weighted by Gasteiger charge is 2.19. The molecule has 0 aromatic carbocycles. The van der Waals surface area contributed by atoms with Crippen LogP contribution in [0.1, 0.15) is 39.5 Å². The first-order chi connectivity index (χ1) is 4.84. The van der Waals surface area contributed by atoms with Crippen LogP contribution in [0.15, 0.2) is 0 Å². The second-order valence-corrected chi connectivity index (χ2v) is 3.43. The van der Waals surface area contributed by atoms with Crippen LogP contribution in [0.2, 0.25) is 0 Å². The van der Waals surface area contributed by atoms with Gasteiger partial charge in [-0.05, 0) is 25.3 Å². The fourth-order valence-corrected chi connectivity index (χ4v) is 1.88. The van der Waals surface area contributed by atoms with Crippen LogP contribution in [0.3, 0.4) is 0 Å². The van der Waals surface area contributed by atoms with E-state index in [0.717, 1.165) is 18.5 Å². The monoisotopic (exact) mass is 141 g/mol. The van der Waals surface area contributed by atoms with Gasteiger partial charge in [-0.25, -0.2) is 0 Å². The molecule has 0 aromatic rings. The summed E-state index contributed by atoms with van der Waals surface area (Å²) in [5.41, 5.74) is 0. The van der Waals surface area contributed by atoms with Crippen molar-refractivity contribution in [2.45, 2.75) is 45.6 Å². The first-order valence-electron chi connectivity index (χ1n) is 4.58. The largest absolute Gasteiger partial charge is 0.314 e. The Bertz CT molecular complexity index is 88.7. The van der Waals surface area contributed by atoms with Crippen LogP contribution >= 0.6 is 0 Å². The minimum Gasteiger partial charge on any atom is -0.314 e. The zero-order valence-corrected chi connectivity index (χ0v) is 7.19. The van der Waals surface area contributed by atoms with Gasteiger partial charge in [0.2, 0.25) is 0 Å². The maximum Gasteiger partial charge on any atom is 0.00925 e. The van der Waals surface area contributed by atoms with Crippen LogP contribution in [-0.4, -0.2) is 12.6 Å². The topological polar surface area (TPSA) is 12.0 Å². The average molecular weight is 141 g/mol. The van der Waals surface area contributed by atoms with Crippen molar-refractivity contribution >= 4 is 0 Å². The summed E-state index contributed by atoms with van der Waals surface area (Å²) >= 11 is 0. The summed E-state index contributed by atoms with van der Waals surface area (Å²) in [5, 5.41) is 3.53. The predicted octanol–water partition coefficient (Wildman–Crippen LogP) is 2.17. The van der Waals surface area contributed by atoms with E-state index in [0.29, 0.717) is 0 Å². The predicted molar refractivity (Wildman–Crippen MR) is 45.1 cm³/mol. The Morgan fingerprint density at radius 2 is 2.00 bits per heavy atom. The van der Waals surface area contributed by atoms with Crippen molar-refractivity contribution in [3.05, 3.63) is 0 Å². The number of rotatable bonds is 2. The van der Waals surface area contributed by atoms with Crippen LogP contribution in [-0.2, 0) is 0 Å². The van der Waals surface area contributed by atoms with E-state index in [1.165, 1.54) is 25.7 Å². The van der Waals surface area contributed by atoms with Crippen LogP contribution < -0.4 is 5.32 Å². The smallest absolute Gasteiger partial charge is 0.00925 e. The highest BCUT2D eigenvalue weighted by Crippen LogP contribution is 2.23. The van der Waals surface area contributed by atoms with Gasteiger partial charge in [-0.15, -0.1) is 0 Å². The maximum absolute atomic E-state index is 3.53. The molecule has 0 aromatic heterocycles. The molecule has 1 saturated carbocycles. The summed E-state index contributed by atoms with van der Waals surface area (Å²) in [7, 11) is 0. The molecule has 1 heteroatoms. The van der Waals surface area contributed by atoms with E-state index in [9.17, 15) is 0 Å². The second kappa shape index (κ2) is 3.97. The van der Waals surface area contributed by atoms with Crippen molar-refractivity contribution in [1.29, 1.82) is 0 Å². The molecule has 0 bridgehead atoms. The van der Waals surface area contributed by atoms with Gasteiger partial charge in [0.25, 0.3) is 0 Å². The molecule has 1 nitrogen and oxygen atoms in total. The number of nitrogens with one attached hydrogen (secondary N) is 1. The zero-order chi connectivity index (χ0) is 7.40. The van der Waals surface area contributed by atoms with Gasteiger partial charge in [0, 0.05) is 6.04 Å². The second-order valence-electron chi connectivity index (χ2n) is 3.43. The zero-order valence-electron chi connectivity index (χ0n) is 7.19. The van der Waals surface area contributed by atoms with Crippen molar-refractivity contribution in [2.24, 2.45) is 5.92 Å². The van der Waals surface area contributed by atoms with E-state index >= 15 is 0 Å². The third-order valence-corrected chi connectivity index (χ3v) is 2.58. The molecule has 2 unspecified atom stereocenters. The molecule has 10 heavy (non-hydrogen) atoms. The molecule has 1 rings (SSSR count). The summed E-state index contributed by atoms with van der Waals surface area (Å²) in [6.45, 7) is 5.70.